The van der Waals surface area contributed by atoms with Crippen LogP contribution in [0.5, 0.6) is 0 Å². The predicted molar refractivity (Wildman–Crippen MR) is 71.9 cm³/mol. The lowest BCUT2D eigenvalue weighted by atomic mass is 10.2. The van der Waals surface area contributed by atoms with Crippen LogP contribution in [0.25, 0.3) is 0 Å². The third kappa shape index (κ3) is 4.83. The Morgan fingerprint density at radius 3 is 2.56 bits per heavy atom. The summed E-state index contributed by atoms with van der Waals surface area (Å²) < 4.78 is 0. The van der Waals surface area contributed by atoms with Crippen molar-refractivity contribution < 1.29 is 0 Å². The minimum atomic E-state index is 0.997. The van der Waals surface area contributed by atoms with Gasteiger partial charge in [-0.3, -0.25) is 0 Å². The summed E-state index contributed by atoms with van der Waals surface area (Å²) in [5, 5.41) is 3.39. The fourth-order valence-electron chi connectivity index (χ4n) is 1.38. The van der Waals surface area contributed by atoms with E-state index in [4.69, 9.17) is 0 Å². The van der Waals surface area contributed by atoms with Gasteiger partial charge in [0.15, 0.2) is 0 Å². The fourth-order valence-corrected chi connectivity index (χ4v) is 1.38. The van der Waals surface area contributed by atoms with Crippen molar-refractivity contribution in [3.8, 4) is 0 Å². The van der Waals surface area contributed by atoms with Gasteiger partial charge in [0.1, 0.15) is 0 Å². The average molecular weight is 215 g/mol. The molecule has 1 heteroatoms. The van der Waals surface area contributed by atoms with E-state index in [1.54, 1.807) is 0 Å². The SMILES string of the molecule is CC(C)=C/C=C(\C)NC1=CCC=C(C)C=C1. The van der Waals surface area contributed by atoms with Crippen LogP contribution in [0.2, 0.25) is 0 Å². The molecule has 0 saturated carbocycles. The summed E-state index contributed by atoms with van der Waals surface area (Å²) in [5.41, 5.74) is 4.96. The van der Waals surface area contributed by atoms with Crippen molar-refractivity contribution in [2.45, 2.75) is 34.1 Å². The molecule has 0 fully saturated rings. The van der Waals surface area contributed by atoms with Crippen LogP contribution in [0.3, 0.4) is 0 Å². The van der Waals surface area contributed by atoms with Crippen molar-refractivity contribution in [1.29, 1.82) is 0 Å². The molecule has 1 rings (SSSR count). The van der Waals surface area contributed by atoms with Gasteiger partial charge in [0.25, 0.3) is 0 Å². The first kappa shape index (κ1) is 12.6. The first-order chi connectivity index (χ1) is 7.58. The quantitative estimate of drug-likeness (QED) is 0.694. The summed E-state index contributed by atoms with van der Waals surface area (Å²) in [6, 6.07) is 0. The summed E-state index contributed by atoms with van der Waals surface area (Å²) >= 11 is 0. The van der Waals surface area contributed by atoms with E-state index < -0.39 is 0 Å². The lowest BCUT2D eigenvalue weighted by Crippen LogP contribution is -2.08. The van der Waals surface area contributed by atoms with Crippen LogP contribution >= 0.6 is 0 Å². The Morgan fingerprint density at radius 2 is 1.88 bits per heavy atom. The van der Waals surface area contributed by atoms with Gasteiger partial charge in [0, 0.05) is 11.4 Å². The van der Waals surface area contributed by atoms with Crippen molar-refractivity contribution >= 4 is 0 Å². The van der Waals surface area contributed by atoms with Gasteiger partial charge < -0.3 is 5.32 Å². The molecule has 0 aromatic rings. The van der Waals surface area contributed by atoms with Crippen LogP contribution in [0.4, 0.5) is 0 Å². The van der Waals surface area contributed by atoms with Gasteiger partial charge in [-0.2, -0.15) is 0 Å². The zero-order valence-corrected chi connectivity index (χ0v) is 10.7. The Kier molecular flexibility index (Phi) is 4.84. The molecule has 0 unspecified atom stereocenters. The molecule has 0 heterocycles. The zero-order chi connectivity index (χ0) is 12.0. The van der Waals surface area contributed by atoms with Crippen LogP contribution in [0, 0.1) is 0 Å². The number of nitrogens with one attached hydrogen (secondary N) is 1. The topological polar surface area (TPSA) is 12.0 Å². The Morgan fingerprint density at radius 1 is 1.12 bits per heavy atom. The largest absolute Gasteiger partial charge is 0.359 e. The van der Waals surface area contributed by atoms with E-state index in [2.05, 4.69) is 69.5 Å². The monoisotopic (exact) mass is 215 g/mol. The minimum absolute atomic E-state index is 0.997. The molecule has 1 aliphatic rings. The van der Waals surface area contributed by atoms with Crippen molar-refractivity contribution in [3.63, 3.8) is 0 Å². The smallest absolute Gasteiger partial charge is 0.0344 e. The van der Waals surface area contributed by atoms with Crippen molar-refractivity contribution in [3.05, 3.63) is 59.0 Å². The molecule has 0 aromatic heterocycles. The molecule has 1 N–H and O–H groups in total. The summed E-state index contributed by atoms with van der Waals surface area (Å²) in [7, 11) is 0. The van der Waals surface area contributed by atoms with Crippen LogP contribution < -0.4 is 5.32 Å². The lowest BCUT2D eigenvalue weighted by Gasteiger charge is -2.06. The molecular weight excluding hydrogens is 194 g/mol. The van der Waals surface area contributed by atoms with E-state index in [0.29, 0.717) is 0 Å². The molecule has 0 aliphatic heterocycles. The van der Waals surface area contributed by atoms with E-state index in [1.165, 1.54) is 16.8 Å². The Balaban J connectivity index is 2.62. The van der Waals surface area contributed by atoms with Gasteiger partial charge in [-0.1, -0.05) is 35.5 Å². The summed E-state index contributed by atoms with van der Waals surface area (Å²) in [5.74, 6) is 0. The molecule has 0 saturated heterocycles. The number of rotatable bonds is 3. The Bertz CT molecular complexity index is 386. The maximum absolute atomic E-state index is 3.39. The number of hydrogen-bond acceptors (Lipinski definition) is 1. The summed E-state index contributed by atoms with van der Waals surface area (Å²) in [4.78, 5) is 0. The van der Waals surface area contributed by atoms with E-state index >= 15 is 0 Å². The van der Waals surface area contributed by atoms with Crippen LogP contribution in [-0.2, 0) is 0 Å². The second-order valence-electron chi connectivity index (χ2n) is 4.40. The lowest BCUT2D eigenvalue weighted by molar-refractivity contribution is 0.993. The Hall–Kier alpha value is -1.50. The van der Waals surface area contributed by atoms with Gasteiger partial charge >= 0.3 is 0 Å². The van der Waals surface area contributed by atoms with Crippen molar-refractivity contribution in [2.75, 3.05) is 0 Å². The zero-order valence-electron chi connectivity index (χ0n) is 10.7. The first-order valence-electron chi connectivity index (χ1n) is 5.72. The third-order valence-electron chi connectivity index (χ3n) is 2.31. The maximum Gasteiger partial charge on any atom is 0.0344 e. The average Bonchev–Trinajstić information content (AvgIpc) is 2.41. The molecule has 0 atom stereocenters. The number of hydrogen-bond donors (Lipinski definition) is 1. The highest BCUT2D eigenvalue weighted by Gasteiger charge is 1.95. The molecule has 0 radical (unpaired) electrons. The van der Waals surface area contributed by atoms with Crippen molar-refractivity contribution in [1.82, 2.24) is 5.32 Å². The highest BCUT2D eigenvalue weighted by Crippen LogP contribution is 2.09. The molecule has 0 bridgehead atoms. The van der Waals surface area contributed by atoms with Gasteiger partial charge in [-0.25, -0.2) is 0 Å². The second kappa shape index (κ2) is 6.16. The van der Waals surface area contributed by atoms with E-state index in [-0.39, 0.29) is 0 Å². The highest BCUT2D eigenvalue weighted by atomic mass is 14.9. The molecule has 0 amide bonds. The normalized spacial score (nSPS) is 16.1. The number of allylic oxidation sites excluding steroid dienone is 9. The standard InChI is InChI=1S/C15H21N/c1-12(2)8-10-14(4)16-15-7-5-6-13(3)9-11-15/h6-11,16H,5H2,1-4H3/b14-10+. The molecule has 0 aromatic carbocycles. The van der Waals surface area contributed by atoms with E-state index in [0.717, 1.165) is 12.1 Å². The predicted octanol–water partition coefficient (Wildman–Crippen LogP) is 4.24. The summed E-state index contributed by atoms with van der Waals surface area (Å²) in [6.45, 7) is 8.40. The summed E-state index contributed by atoms with van der Waals surface area (Å²) in [6.07, 6.45) is 13.9. The van der Waals surface area contributed by atoms with Gasteiger partial charge in [-0.05, 0) is 46.3 Å². The Labute approximate surface area is 98.9 Å². The fraction of sp³-hybridized carbons (Fsp3) is 0.333. The first-order valence-corrected chi connectivity index (χ1v) is 5.72. The van der Waals surface area contributed by atoms with Crippen LogP contribution in [0.15, 0.2) is 59.0 Å². The molecule has 86 valence electrons. The molecule has 0 spiro atoms. The molecular formula is C15H21N. The van der Waals surface area contributed by atoms with Crippen molar-refractivity contribution in [2.24, 2.45) is 0 Å². The van der Waals surface area contributed by atoms with Gasteiger partial charge in [0.2, 0.25) is 0 Å². The van der Waals surface area contributed by atoms with Gasteiger partial charge in [0.05, 0.1) is 0 Å². The molecule has 1 nitrogen and oxygen atoms in total. The molecule has 16 heavy (non-hydrogen) atoms. The van der Waals surface area contributed by atoms with E-state index in [1.807, 2.05) is 0 Å². The van der Waals surface area contributed by atoms with Crippen LogP contribution in [-0.4, -0.2) is 0 Å². The third-order valence-corrected chi connectivity index (χ3v) is 2.31. The second-order valence-corrected chi connectivity index (χ2v) is 4.40. The van der Waals surface area contributed by atoms with Gasteiger partial charge in [-0.15, -0.1) is 0 Å². The minimum Gasteiger partial charge on any atom is -0.359 e. The maximum atomic E-state index is 3.39. The van der Waals surface area contributed by atoms with E-state index in [9.17, 15) is 0 Å². The molecule has 1 aliphatic carbocycles. The van der Waals surface area contributed by atoms with Crippen LogP contribution in [0.1, 0.15) is 34.1 Å². The highest BCUT2D eigenvalue weighted by molar-refractivity contribution is 5.32.